The van der Waals surface area contributed by atoms with E-state index in [1.807, 2.05) is 11.4 Å². The highest BCUT2D eigenvalue weighted by Crippen LogP contribution is 2.25. The SMILES string of the molecule is CN(Cc1cc(Br)cs1)S(=O)(=O)c1ccccc1N. The Morgan fingerprint density at radius 3 is 2.63 bits per heavy atom. The fourth-order valence-electron chi connectivity index (χ4n) is 1.62. The Kier molecular flexibility index (Phi) is 4.29. The van der Waals surface area contributed by atoms with E-state index in [0.29, 0.717) is 6.54 Å². The maximum atomic E-state index is 12.4. The predicted octanol–water partition coefficient (Wildman–Crippen LogP) is 2.91. The number of nitrogens with two attached hydrogens (primary N) is 1. The van der Waals surface area contributed by atoms with Crippen LogP contribution in [-0.4, -0.2) is 19.8 Å². The highest BCUT2D eigenvalue weighted by molar-refractivity contribution is 9.10. The van der Waals surface area contributed by atoms with Gasteiger partial charge < -0.3 is 5.73 Å². The molecular weight excluding hydrogens is 348 g/mol. The molecule has 0 aliphatic heterocycles. The van der Waals surface area contributed by atoms with Gasteiger partial charge in [-0.05, 0) is 34.1 Å². The number of hydrogen-bond acceptors (Lipinski definition) is 4. The van der Waals surface area contributed by atoms with Crippen LogP contribution in [0.1, 0.15) is 4.88 Å². The number of halogens is 1. The zero-order valence-corrected chi connectivity index (χ0v) is 13.4. The molecule has 2 N–H and O–H groups in total. The molecule has 0 fully saturated rings. The summed E-state index contributed by atoms with van der Waals surface area (Å²) in [5.41, 5.74) is 6.00. The number of nitrogens with zero attached hydrogens (tertiary/aromatic N) is 1. The van der Waals surface area contributed by atoms with E-state index in [0.717, 1.165) is 9.35 Å². The summed E-state index contributed by atoms with van der Waals surface area (Å²) in [4.78, 5) is 1.11. The number of sulfonamides is 1. The molecule has 1 heterocycles. The van der Waals surface area contributed by atoms with Gasteiger partial charge in [-0.3, -0.25) is 0 Å². The summed E-state index contributed by atoms with van der Waals surface area (Å²) in [6, 6.07) is 8.39. The smallest absolute Gasteiger partial charge is 0.245 e. The first kappa shape index (κ1) is 14.5. The molecule has 0 saturated carbocycles. The van der Waals surface area contributed by atoms with E-state index >= 15 is 0 Å². The second kappa shape index (κ2) is 5.62. The van der Waals surface area contributed by atoms with Crippen LogP contribution in [0, 0.1) is 0 Å². The average molecular weight is 361 g/mol. The molecule has 0 aliphatic rings. The first-order chi connectivity index (χ1) is 8.91. The number of para-hydroxylation sites is 1. The van der Waals surface area contributed by atoms with Gasteiger partial charge in [0.05, 0.1) is 5.69 Å². The fourth-order valence-corrected chi connectivity index (χ4v) is 4.47. The second-order valence-corrected chi connectivity index (χ2v) is 7.95. The first-order valence-corrected chi connectivity index (χ1v) is 8.56. The lowest BCUT2D eigenvalue weighted by atomic mass is 10.3. The maximum Gasteiger partial charge on any atom is 0.245 e. The van der Waals surface area contributed by atoms with Crippen molar-refractivity contribution >= 4 is 43.0 Å². The first-order valence-electron chi connectivity index (χ1n) is 5.45. The van der Waals surface area contributed by atoms with Crippen molar-refractivity contribution in [2.75, 3.05) is 12.8 Å². The third-order valence-electron chi connectivity index (χ3n) is 2.61. The number of anilines is 1. The van der Waals surface area contributed by atoms with Crippen LogP contribution in [-0.2, 0) is 16.6 Å². The minimum absolute atomic E-state index is 0.146. The largest absolute Gasteiger partial charge is 0.398 e. The summed E-state index contributed by atoms with van der Waals surface area (Å²) >= 11 is 4.86. The lowest BCUT2D eigenvalue weighted by Gasteiger charge is -2.17. The highest BCUT2D eigenvalue weighted by Gasteiger charge is 2.23. The summed E-state index contributed by atoms with van der Waals surface area (Å²) in [6.45, 7) is 0.326. The van der Waals surface area contributed by atoms with E-state index in [-0.39, 0.29) is 10.6 Å². The van der Waals surface area contributed by atoms with E-state index < -0.39 is 10.0 Å². The lowest BCUT2D eigenvalue weighted by Crippen LogP contribution is -2.26. The molecule has 0 saturated heterocycles. The van der Waals surface area contributed by atoms with Crippen LogP contribution in [0.3, 0.4) is 0 Å². The van der Waals surface area contributed by atoms with Crippen molar-refractivity contribution in [1.82, 2.24) is 4.31 Å². The van der Waals surface area contributed by atoms with Crippen molar-refractivity contribution in [1.29, 1.82) is 0 Å². The molecule has 2 aromatic rings. The van der Waals surface area contributed by atoms with Crippen LogP contribution in [0.5, 0.6) is 0 Å². The summed E-state index contributed by atoms with van der Waals surface area (Å²) in [6.07, 6.45) is 0. The maximum absolute atomic E-state index is 12.4. The van der Waals surface area contributed by atoms with Gasteiger partial charge in [0.15, 0.2) is 0 Å². The van der Waals surface area contributed by atoms with Gasteiger partial charge >= 0.3 is 0 Å². The molecule has 0 spiro atoms. The van der Waals surface area contributed by atoms with E-state index in [2.05, 4.69) is 15.9 Å². The van der Waals surface area contributed by atoms with Gasteiger partial charge in [-0.1, -0.05) is 12.1 Å². The molecule has 2 rings (SSSR count). The van der Waals surface area contributed by atoms with Gasteiger partial charge in [-0.15, -0.1) is 11.3 Å². The zero-order valence-electron chi connectivity index (χ0n) is 10.2. The van der Waals surface area contributed by atoms with E-state index in [4.69, 9.17) is 5.73 Å². The lowest BCUT2D eigenvalue weighted by molar-refractivity contribution is 0.470. The Bertz CT molecular complexity index is 683. The molecule has 19 heavy (non-hydrogen) atoms. The minimum atomic E-state index is -3.56. The number of thiophene rings is 1. The Morgan fingerprint density at radius 2 is 2.05 bits per heavy atom. The molecular formula is C12H13BrN2O2S2. The van der Waals surface area contributed by atoms with Crippen molar-refractivity contribution in [3.8, 4) is 0 Å². The molecule has 0 aliphatic carbocycles. The third kappa shape index (κ3) is 3.17. The van der Waals surface area contributed by atoms with Crippen LogP contribution in [0.4, 0.5) is 5.69 Å². The quantitative estimate of drug-likeness (QED) is 0.852. The van der Waals surface area contributed by atoms with E-state index in [9.17, 15) is 8.42 Å². The highest BCUT2D eigenvalue weighted by atomic mass is 79.9. The molecule has 102 valence electrons. The number of hydrogen-bond donors (Lipinski definition) is 1. The molecule has 0 bridgehead atoms. The Morgan fingerprint density at radius 1 is 1.37 bits per heavy atom. The van der Waals surface area contributed by atoms with Gasteiger partial charge in [-0.25, -0.2) is 8.42 Å². The van der Waals surface area contributed by atoms with Gasteiger partial charge in [-0.2, -0.15) is 4.31 Å². The monoisotopic (exact) mass is 360 g/mol. The van der Waals surface area contributed by atoms with Crippen LogP contribution in [0.15, 0.2) is 45.1 Å². The molecule has 7 heteroatoms. The molecule has 0 radical (unpaired) electrons. The summed E-state index contributed by atoms with van der Waals surface area (Å²) in [5.74, 6) is 0. The minimum Gasteiger partial charge on any atom is -0.398 e. The van der Waals surface area contributed by atoms with Gasteiger partial charge in [0.1, 0.15) is 4.90 Å². The molecule has 4 nitrogen and oxygen atoms in total. The second-order valence-electron chi connectivity index (χ2n) is 4.03. The average Bonchev–Trinajstić information content (AvgIpc) is 2.75. The Labute approximate surface area is 125 Å². The van der Waals surface area contributed by atoms with Gasteiger partial charge in [0, 0.05) is 28.3 Å². The molecule has 0 atom stereocenters. The number of nitrogen functional groups attached to an aromatic ring is 1. The summed E-state index contributed by atoms with van der Waals surface area (Å²) in [7, 11) is -2.01. The van der Waals surface area contributed by atoms with E-state index in [1.54, 1.807) is 25.2 Å². The summed E-state index contributed by atoms with van der Waals surface area (Å²) in [5, 5.41) is 1.92. The normalized spacial score (nSPS) is 11.9. The molecule has 0 amide bonds. The predicted molar refractivity (Wildman–Crippen MR) is 81.5 cm³/mol. The van der Waals surface area contributed by atoms with Crippen LogP contribution in [0.2, 0.25) is 0 Å². The van der Waals surface area contributed by atoms with Crippen LogP contribution < -0.4 is 5.73 Å². The van der Waals surface area contributed by atoms with Gasteiger partial charge in [0.25, 0.3) is 0 Å². The molecule has 1 aromatic heterocycles. The Hall–Kier alpha value is -0.890. The van der Waals surface area contributed by atoms with Crippen molar-refractivity contribution in [3.05, 3.63) is 45.1 Å². The van der Waals surface area contributed by atoms with Crippen molar-refractivity contribution < 1.29 is 8.42 Å². The number of rotatable bonds is 4. The van der Waals surface area contributed by atoms with Gasteiger partial charge in [0.2, 0.25) is 10.0 Å². The van der Waals surface area contributed by atoms with Crippen LogP contribution >= 0.6 is 27.3 Å². The van der Waals surface area contributed by atoms with Crippen molar-refractivity contribution in [2.24, 2.45) is 0 Å². The topological polar surface area (TPSA) is 63.4 Å². The summed E-state index contributed by atoms with van der Waals surface area (Å²) < 4.78 is 27.1. The number of benzene rings is 1. The Balaban J connectivity index is 2.27. The van der Waals surface area contributed by atoms with Crippen molar-refractivity contribution in [2.45, 2.75) is 11.4 Å². The fraction of sp³-hybridized carbons (Fsp3) is 0.167. The standard InChI is InChI=1S/C12H13BrN2O2S2/c1-15(7-10-6-9(13)8-18-10)19(16,17)12-5-3-2-4-11(12)14/h2-6,8H,7,14H2,1H3. The molecule has 0 unspecified atom stereocenters. The molecule has 1 aromatic carbocycles. The van der Waals surface area contributed by atoms with E-state index in [1.165, 1.54) is 21.7 Å². The van der Waals surface area contributed by atoms with Crippen molar-refractivity contribution in [3.63, 3.8) is 0 Å². The third-order valence-corrected chi connectivity index (χ3v) is 6.17. The van der Waals surface area contributed by atoms with Crippen LogP contribution in [0.25, 0.3) is 0 Å². The zero-order chi connectivity index (χ0) is 14.0.